The van der Waals surface area contributed by atoms with E-state index < -0.39 is 24.2 Å². The molecule has 0 saturated heterocycles. The molecule has 0 rings (SSSR count). The average Bonchev–Trinajstić information content (AvgIpc) is 3.32. The highest BCUT2D eigenvalue weighted by molar-refractivity contribution is 5.80. The van der Waals surface area contributed by atoms with Gasteiger partial charge in [0.25, 0.3) is 0 Å². The van der Waals surface area contributed by atoms with Crippen LogP contribution < -0.4 is 5.32 Å². The number of aliphatic hydroxyl groups is 3. The number of carbonyl (C=O) groups is 1. The molecule has 0 heterocycles. The summed E-state index contributed by atoms with van der Waals surface area (Å²) < 4.78 is 0. The minimum Gasteiger partial charge on any atom is -0.394 e. The summed E-state index contributed by atoms with van der Waals surface area (Å²) in [5, 5.41) is 33.4. The van der Waals surface area contributed by atoms with E-state index >= 15 is 0 Å². The zero-order chi connectivity index (χ0) is 47.9. The molecule has 0 aromatic heterocycles. The first-order valence-corrected chi connectivity index (χ1v) is 30.2. The van der Waals surface area contributed by atoms with Crippen molar-refractivity contribution in [2.75, 3.05) is 6.61 Å². The number of hydrogen-bond donors (Lipinski definition) is 4. The quantitative estimate of drug-likeness (QED) is 0.0361. The maximum atomic E-state index is 12.6. The Morgan fingerprint density at radius 1 is 0.364 bits per heavy atom. The average molecular weight is 931 g/mol. The number of rotatable bonds is 56. The van der Waals surface area contributed by atoms with E-state index in [1.54, 1.807) is 6.08 Å². The van der Waals surface area contributed by atoms with E-state index in [0.29, 0.717) is 6.42 Å². The Kier molecular flexibility index (Phi) is 55.4. The summed E-state index contributed by atoms with van der Waals surface area (Å²) in [5.74, 6) is -0.498. The van der Waals surface area contributed by atoms with Crippen LogP contribution in [0.5, 0.6) is 0 Å². The fourth-order valence-corrected chi connectivity index (χ4v) is 9.60. The monoisotopic (exact) mass is 930 g/mol. The Morgan fingerprint density at radius 2 is 0.606 bits per heavy atom. The molecule has 0 aliphatic carbocycles. The molecule has 0 fully saturated rings. The van der Waals surface area contributed by atoms with Gasteiger partial charge in [0.15, 0.2) is 0 Å². The number of allylic oxidation sites excluding steroid dienone is 3. The largest absolute Gasteiger partial charge is 0.394 e. The Labute approximate surface area is 413 Å². The molecule has 3 atom stereocenters. The lowest BCUT2D eigenvalue weighted by molar-refractivity contribution is -0.131. The van der Waals surface area contributed by atoms with Crippen molar-refractivity contribution in [1.29, 1.82) is 0 Å². The molecule has 0 aromatic carbocycles. The minimum atomic E-state index is -1.10. The predicted molar refractivity (Wildman–Crippen MR) is 292 cm³/mol. The van der Waals surface area contributed by atoms with Crippen molar-refractivity contribution < 1.29 is 20.1 Å². The molecule has 0 saturated carbocycles. The van der Waals surface area contributed by atoms with Gasteiger partial charge in [-0.15, -0.1) is 0 Å². The fraction of sp³-hybridized carbons (Fsp3) is 0.918. The van der Waals surface area contributed by atoms with Gasteiger partial charge in [-0.1, -0.05) is 314 Å². The van der Waals surface area contributed by atoms with E-state index in [0.717, 1.165) is 32.1 Å². The van der Waals surface area contributed by atoms with Gasteiger partial charge in [0.1, 0.15) is 6.10 Å². The highest BCUT2D eigenvalue weighted by atomic mass is 16.3. The molecule has 0 aromatic rings. The second kappa shape index (κ2) is 56.4. The van der Waals surface area contributed by atoms with Gasteiger partial charge in [-0.3, -0.25) is 4.79 Å². The van der Waals surface area contributed by atoms with Crippen molar-refractivity contribution in [3.8, 4) is 0 Å². The van der Waals surface area contributed by atoms with E-state index in [-0.39, 0.29) is 6.61 Å². The van der Waals surface area contributed by atoms with Gasteiger partial charge in [0.05, 0.1) is 18.8 Å². The molecule has 392 valence electrons. The second-order valence-electron chi connectivity index (χ2n) is 20.9. The molecule has 0 bridgehead atoms. The van der Waals surface area contributed by atoms with Crippen LogP contribution >= 0.6 is 0 Å². The van der Waals surface area contributed by atoms with Gasteiger partial charge >= 0.3 is 0 Å². The summed E-state index contributed by atoms with van der Waals surface area (Å²) in [6.45, 7) is 4.23. The molecule has 1 amide bonds. The van der Waals surface area contributed by atoms with E-state index in [4.69, 9.17) is 0 Å². The number of carbonyl (C=O) groups excluding carboxylic acids is 1. The molecule has 3 unspecified atom stereocenters. The van der Waals surface area contributed by atoms with Gasteiger partial charge in [-0.2, -0.15) is 0 Å². The van der Waals surface area contributed by atoms with Crippen molar-refractivity contribution in [2.24, 2.45) is 0 Å². The minimum absolute atomic E-state index is 0.361. The number of aliphatic hydroxyl groups excluding tert-OH is 3. The molecule has 0 radical (unpaired) electrons. The Balaban J connectivity index is 3.54. The van der Waals surface area contributed by atoms with Crippen molar-refractivity contribution in [3.05, 3.63) is 24.3 Å². The van der Waals surface area contributed by atoms with E-state index in [1.165, 1.54) is 283 Å². The van der Waals surface area contributed by atoms with E-state index in [1.807, 2.05) is 6.08 Å². The van der Waals surface area contributed by atoms with Crippen LogP contribution in [-0.4, -0.2) is 46.1 Å². The maximum absolute atomic E-state index is 12.6. The third-order valence-electron chi connectivity index (χ3n) is 14.3. The zero-order valence-electron chi connectivity index (χ0n) is 44.9. The molecular weight excluding hydrogens is 811 g/mol. The lowest BCUT2D eigenvalue weighted by atomic mass is 10.0. The molecule has 4 N–H and O–H groups in total. The molecule has 66 heavy (non-hydrogen) atoms. The van der Waals surface area contributed by atoms with E-state index in [9.17, 15) is 20.1 Å². The van der Waals surface area contributed by atoms with Gasteiger partial charge in [-0.05, 0) is 44.9 Å². The highest BCUT2D eigenvalue weighted by Crippen LogP contribution is 2.18. The van der Waals surface area contributed by atoms with Crippen LogP contribution in [0.15, 0.2) is 24.3 Å². The normalized spacial score (nSPS) is 13.3. The molecule has 0 aliphatic rings. The highest BCUT2D eigenvalue weighted by Gasteiger charge is 2.22. The van der Waals surface area contributed by atoms with Crippen molar-refractivity contribution in [1.82, 2.24) is 5.32 Å². The second-order valence-corrected chi connectivity index (χ2v) is 20.9. The summed E-state index contributed by atoms with van der Waals surface area (Å²) in [7, 11) is 0. The van der Waals surface area contributed by atoms with Gasteiger partial charge in [0.2, 0.25) is 5.91 Å². The summed E-state index contributed by atoms with van der Waals surface area (Å²) >= 11 is 0. The fourth-order valence-electron chi connectivity index (χ4n) is 9.60. The Bertz CT molecular complexity index is 982. The molecule has 5 heteroatoms. The third kappa shape index (κ3) is 50.7. The number of amides is 1. The van der Waals surface area contributed by atoms with Crippen LogP contribution in [0.4, 0.5) is 0 Å². The summed E-state index contributed by atoms with van der Waals surface area (Å²) in [6, 6.07) is -0.798. The van der Waals surface area contributed by atoms with Crippen LogP contribution in [0.3, 0.4) is 0 Å². The van der Waals surface area contributed by atoms with Crippen molar-refractivity contribution >= 4 is 5.91 Å². The maximum Gasteiger partial charge on any atom is 0.249 e. The van der Waals surface area contributed by atoms with Crippen molar-refractivity contribution in [2.45, 2.75) is 353 Å². The zero-order valence-corrected chi connectivity index (χ0v) is 44.9. The molecular formula is C61H119NO4. The molecule has 5 nitrogen and oxygen atoms in total. The molecule has 0 aliphatic heterocycles. The molecule has 0 spiro atoms. The predicted octanol–water partition coefficient (Wildman–Crippen LogP) is 18.8. The Morgan fingerprint density at radius 3 is 0.879 bits per heavy atom. The van der Waals surface area contributed by atoms with Gasteiger partial charge < -0.3 is 20.6 Å². The van der Waals surface area contributed by atoms with Crippen LogP contribution in [0, 0.1) is 0 Å². The standard InChI is InChI=1S/C61H119NO4/c1-3-5-7-9-11-13-15-17-19-21-23-25-27-29-30-32-34-36-38-40-42-44-46-48-50-52-54-56-60(65)61(66)62-58(57-63)59(64)55-53-51-49-47-45-43-41-39-37-35-33-31-28-26-24-22-20-18-16-14-12-10-8-6-4-2/h29-30,53,55,58-60,63-65H,3-28,31-52,54,56-57H2,1-2H3,(H,62,66)/b30-29-,55-53+. The number of hydrogen-bond acceptors (Lipinski definition) is 4. The van der Waals surface area contributed by atoms with E-state index in [2.05, 4.69) is 31.3 Å². The third-order valence-corrected chi connectivity index (χ3v) is 14.3. The van der Waals surface area contributed by atoms with Crippen LogP contribution in [0.2, 0.25) is 0 Å². The first-order valence-electron chi connectivity index (χ1n) is 30.2. The first-order chi connectivity index (χ1) is 32.6. The summed E-state index contributed by atoms with van der Waals surface area (Å²) in [5.41, 5.74) is 0. The summed E-state index contributed by atoms with van der Waals surface area (Å²) in [4.78, 5) is 12.6. The van der Waals surface area contributed by atoms with Crippen LogP contribution in [0.25, 0.3) is 0 Å². The van der Waals surface area contributed by atoms with Gasteiger partial charge in [-0.25, -0.2) is 0 Å². The number of unbranched alkanes of at least 4 members (excludes halogenated alkanes) is 46. The SMILES string of the molecule is CCCCCCCCCCCCCC/C=C\CCCCCCCCCCCCCC(O)C(=O)NC(CO)C(O)/C=C/CCCCCCCCCCCCCCCCCCCCCCCCC. The first kappa shape index (κ1) is 64.8. The van der Waals surface area contributed by atoms with Gasteiger partial charge in [0, 0.05) is 0 Å². The number of nitrogens with one attached hydrogen (secondary N) is 1. The topological polar surface area (TPSA) is 89.8 Å². The van der Waals surface area contributed by atoms with Crippen LogP contribution in [-0.2, 0) is 4.79 Å². The Hall–Kier alpha value is -1.17. The van der Waals surface area contributed by atoms with Crippen molar-refractivity contribution in [3.63, 3.8) is 0 Å². The smallest absolute Gasteiger partial charge is 0.249 e. The lowest BCUT2D eigenvalue weighted by Gasteiger charge is -2.21. The summed E-state index contributed by atoms with van der Waals surface area (Å²) in [6.07, 6.45) is 72.7. The lowest BCUT2D eigenvalue weighted by Crippen LogP contribution is -2.48. The van der Waals surface area contributed by atoms with Crippen LogP contribution in [0.1, 0.15) is 335 Å².